The topological polar surface area (TPSA) is 57.0 Å². The van der Waals surface area contributed by atoms with Crippen molar-refractivity contribution in [3.63, 3.8) is 0 Å². The highest BCUT2D eigenvalue weighted by Gasteiger charge is 2.16. The lowest BCUT2D eigenvalue weighted by atomic mass is 10.0. The lowest BCUT2D eigenvalue weighted by Crippen LogP contribution is -2.23. The summed E-state index contributed by atoms with van der Waals surface area (Å²) in [5.74, 6) is 0.758. The molecule has 5 rings (SSSR count). The van der Waals surface area contributed by atoms with Gasteiger partial charge in [0.25, 0.3) is 5.56 Å². The number of hydrogen-bond acceptors (Lipinski definition) is 5. The third-order valence-electron chi connectivity index (χ3n) is 5.46. The highest BCUT2D eigenvalue weighted by molar-refractivity contribution is 7.17. The minimum Gasteiger partial charge on any atom is -0.496 e. The molecule has 31 heavy (non-hydrogen) atoms. The van der Waals surface area contributed by atoms with Gasteiger partial charge < -0.3 is 4.74 Å². The van der Waals surface area contributed by atoms with E-state index in [-0.39, 0.29) is 5.56 Å². The monoisotopic (exact) mass is 427 g/mol. The molecular weight excluding hydrogens is 406 g/mol. The Morgan fingerprint density at radius 3 is 2.81 bits per heavy atom. The zero-order valence-corrected chi connectivity index (χ0v) is 18.1. The molecule has 0 bridgehead atoms. The Morgan fingerprint density at radius 2 is 1.94 bits per heavy atom. The Morgan fingerprint density at radius 1 is 1.06 bits per heavy atom. The molecule has 0 aliphatic carbocycles. The zero-order chi connectivity index (χ0) is 21.4. The van der Waals surface area contributed by atoms with Gasteiger partial charge in [-0.15, -0.1) is 11.3 Å². The quantitative estimate of drug-likeness (QED) is 0.385. The predicted octanol–water partition coefficient (Wildman–Crippen LogP) is 5.23. The largest absolute Gasteiger partial charge is 0.496 e. The van der Waals surface area contributed by atoms with Crippen molar-refractivity contribution < 1.29 is 4.74 Å². The summed E-state index contributed by atoms with van der Waals surface area (Å²) < 4.78 is 7.97. The van der Waals surface area contributed by atoms with Gasteiger partial charge in [-0.2, -0.15) is 5.10 Å². The highest BCUT2D eigenvalue weighted by Crippen LogP contribution is 2.37. The maximum Gasteiger partial charge on any atom is 0.276 e. The number of para-hydroxylation sites is 1. The fourth-order valence-electron chi connectivity index (χ4n) is 3.85. The van der Waals surface area contributed by atoms with Crippen molar-refractivity contribution in [2.24, 2.45) is 0 Å². The summed E-state index contributed by atoms with van der Waals surface area (Å²) in [5, 5.41) is 8.22. The molecule has 0 spiro atoms. The molecule has 154 valence electrons. The van der Waals surface area contributed by atoms with Crippen LogP contribution in [0.1, 0.15) is 11.3 Å². The van der Waals surface area contributed by atoms with E-state index in [9.17, 15) is 4.79 Å². The van der Waals surface area contributed by atoms with Gasteiger partial charge in [-0.25, -0.2) is 4.68 Å². The van der Waals surface area contributed by atoms with Crippen LogP contribution in [-0.2, 0) is 13.0 Å². The van der Waals surface area contributed by atoms with Gasteiger partial charge in [-0.05, 0) is 31.2 Å². The molecule has 0 aliphatic heterocycles. The van der Waals surface area contributed by atoms with Gasteiger partial charge in [0.05, 0.1) is 35.5 Å². The first-order chi connectivity index (χ1) is 15.1. The number of hydrogen-bond donors (Lipinski definition) is 0. The summed E-state index contributed by atoms with van der Waals surface area (Å²) in [4.78, 5) is 18.1. The summed E-state index contributed by atoms with van der Waals surface area (Å²) in [6, 6.07) is 18.1. The van der Waals surface area contributed by atoms with Crippen molar-refractivity contribution in [2.45, 2.75) is 19.9 Å². The van der Waals surface area contributed by atoms with Crippen molar-refractivity contribution >= 4 is 32.3 Å². The number of benzene rings is 2. The standard InChI is InChI=1S/C25H21N3O2S/c1-16-7-10-22(30-2)19(13-16)20-15-31-23-14-26-28(25(29)24(20)23)12-11-18-9-8-17-5-3-4-6-21(17)27-18/h3-10,13-15H,11-12H2,1-2H3. The molecule has 2 aromatic carbocycles. The first-order valence-electron chi connectivity index (χ1n) is 10.1. The van der Waals surface area contributed by atoms with Gasteiger partial charge >= 0.3 is 0 Å². The Hall–Kier alpha value is -3.51. The maximum atomic E-state index is 13.3. The van der Waals surface area contributed by atoms with Gasteiger partial charge in [0.2, 0.25) is 0 Å². The van der Waals surface area contributed by atoms with Crippen LogP contribution in [0.3, 0.4) is 0 Å². The van der Waals surface area contributed by atoms with Crippen molar-refractivity contribution in [1.29, 1.82) is 0 Å². The summed E-state index contributed by atoms with van der Waals surface area (Å²) in [5.41, 5.74) is 4.76. The number of aryl methyl sites for hydroxylation is 3. The Bertz CT molecular complexity index is 1470. The van der Waals surface area contributed by atoms with E-state index < -0.39 is 0 Å². The summed E-state index contributed by atoms with van der Waals surface area (Å²) in [6.45, 7) is 2.51. The minimum atomic E-state index is -0.0851. The second-order valence-corrected chi connectivity index (χ2v) is 8.42. The molecule has 5 aromatic rings. The second-order valence-electron chi connectivity index (χ2n) is 7.51. The highest BCUT2D eigenvalue weighted by atomic mass is 32.1. The fourth-order valence-corrected chi connectivity index (χ4v) is 4.76. The smallest absolute Gasteiger partial charge is 0.276 e. The van der Waals surface area contributed by atoms with Crippen LogP contribution in [0, 0.1) is 6.92 Å². The number of fused-ring (bicyclic) bond motifs is 2. The van der Waals surface area contributed by atoms with Gasteiger partial charge in [0, 0.05) is 34.0 Å². The number of ether oxygens (including phenoxy) is 1. The van der Waals surface area contributed by atoms with Gasteiger partial charge in [-0.1, -0.05) is 35.9 Å². The Labute approximate surface area is 183 Å². The average molecular weight is 428 g/mol. The number of rotatable bonds is 5. The van der Waals surface area contributed by atoms with Crippen LogP contribution in [0.5, 0.6) is 5.75 Å². The number of methoxy groups -OCH3 is 1. The lowest BCUT2D eigenvalue weighted by Gasteiger charge is -2.10. The fraction of sp³-hybridized carbons (Fsp3) is 0.160. The number of aromatic nitrogens is 3. The SMILES string of the molecule is COc1ccc(C)cc1-c1csc2cnn(CCc3ccc4ccccc4n3)c(=O)c12. The van der Waals surface area contributed by atoms with E-state index in [2.05, 4.69) is 17.2 Å². The van der Waals surface area contributed by atoms with Crippen molar-refractivity contribution in [3.05, 3.63) is 87.8 Å². The molecule has 0 fully saturated rings. The molecule has 5 nitrogen and oxygen atoms in total. The molecule has 3 aromatic heterocycles. The molecule has 0 N–H and O–H groups in total. The molecular formula is C25H21N3O2S. The van der Waals surface area contributed by atoms with E-state index in [1.807, 2.05) is 54.8 Å². The van der Waals surface area contributed by atoms with Crippen molar-refractivity contribution in [3.8, 4) is 16.9 Å². The van der Waals surface area contributed by atoms with Crippen LogP contribution in [0.2, 0.25) is 0 Å². The molecule has 0 amide bonds. The third kappa shape index (κ3) is 3.59. The van der Waals surface area contributed by atoms with E-state index >= 15 is 0 Å². The van der Waals surface area contributed by atoms with Gasteiger partial charge in [-0.3, -0.25) is 9.78 Å². The normalized spacial score (nSPS) is 11.3. The van der Waals surface area contributed by atoms with Gasteiger partial charge in [0.1, 0.15) is 5.75 Å². The van der Waals surface area contributed by atoms with E-state index in [1.165, 1.54) is 16.0 Å². The zero-order valence-electron chi connectivity index (χ0n) is 17.3. The van der Waals surface area contributed by atoms with Crippen molar-refractivity contribution in [1.82, 2.24) is 14.8 Å². The first-order valence-corrected chi connectivity index (χ1v) is 11.0. The van der Waals surface area contributed by atoms with E-state index in [1.54, 1.807) is 13.3 Å². The molecule has 0 radical (unpaired) electrons. The Kier molecular flexibility index (Phi) is 5.00. The van der Waals surface area contributed by atoms with Crippen LogP contribution < -0.4 is 10.3 Å². The molecule has 0 aliphatic rings. The second kappa shape index (κ2) is 7.96. The van der Waals surface area contributed by atoms with Crippen LogP contribution in [0.15, 0.2) is 71.0 Å². The summed E-state index contributed by atoms with van der Waals surface area (Å²) in [7, 11) is 1.65. The summed E-state index contributed by atoms with van der Waals surface area (Å²) >= 11 is 1.53. The molecule has 3 heterocycles. The van der Waals surface area contributed by atoms with E-state index in [0.717, 1.165) is 43.7 Å². The molecule has 0 saturated carbocycles. The molecule has 0 saturated heterocycles. The van der Waals surface area contributed by atoms with E-state index in [0.29, 0.717) is 18.4 Å². The van der Waals surface area contributed by atoms with Crippen LogP contribution in [0.25, 0.3) is 32.1 Å². The molecule has 0 atom stereocenters. The molecule has 6 heteroatoms. The number of thiophene rings is 1. The number of pyridine rings is 1. The van der Waals surface area contributed by atoms with Crippen molar-refractivity contribution in [2.75, 3.05) is 7.11 Å². The summed E-state index contributed by atoms with van der Waals surface area (Å²) in [6.07, 6.45) is 2.41. The van der Waals surface area contributed by atoms with E-state index in [4.69, 9.17) is 9.72 Å². The van der Waals surface area contributed by atoms with Crippen LogP contribution >= 0.6 is 11.3 Å². The minimum absolute atomic E-state index is 0.0851. The first kappa shape index (κ1) is 19.5. The van der Waals surface area contributed by atoms with Crippen LogP contribution in [0.4, 0.5) is 0 Å². The molecule has 0 unspecified atom stereocenters. The van der Waals surface area contributed by atoms with Crippen LogP contribution in [-0.4, -0.2) is 21.9 Å². The third-order valence-corrected chi connectivity index (χ3v) is 6.38. The Balaban J connectivity index is 1.52. The average Bonchev–Trinajstić information content (AvgIpc) is 3.23. The lowest BCUT2D eigenvalue weighted by molar-refractivity contribution is 0.416. The predicted molar refractivity (Wildman–Crippen MR) is 126 cm³/mol. The van der Waals surface area contributed by atoms with Gasteiger partial charge in [0.15, 0.2) is 0 Å². The maximum absolute atomic E-state index is 13.3. The number of nitrogens with zero attached hydrogens (tertiary/aromatic N) is 3.